The number of hydrogen-bond acceptors (Lipinski definition) is 2. The van der Waals surface area contributed by atoms with Gasteiger partial charge in [0.1, 0.15) is 0 Å². The molecule has 2 unspecified atom stereocenters. The van der Waals surface area contributed by atoms with E-state index >= 15 is 0 Å². The third kappa shape index (κ3) is 5.83. The van der Waals surface area contributed by atoms with Crippen LogP contribution in [-0.4, -0.2) is 53.1 Å². The number of carboxylic acid groups (broad SMARTS) is 1. The van der Waals surface area contributed by atoms with Gasteiger partial charge in [-0.25, -0.2) is 4.79 Å². The molecule has 2 atom stereocenters. The largest absolute Gasteiger partial charge is 0.465 e. The van der Waals surface area contributed by atoms with E-state index in [1.807, 2.05) is 0 Å². The topological polar surface area (TPSA) is 60.9 Å². The fourth-order valence-electron chi connectivity index (χ4n) is 4.24. The summed E-state index contributed by atoms with van der Waals surface area (Å²) < 4.78 is 79.6. The number of benzene rings is 2. The molecule has 1 aliphatic heterocycles. The predicted molar refractivity (Wildman–Crippen MR) is 115 cm³/mol. The fraction of sp³-hybridized carbons (Fsp3) is 0.391. The van der Waals surface area contributed by atoms with Gasteiger partial charge in [-0.3, -0.25) is 4.79 Å². The molecule has 12 heteroatoms. The van der Waals surface area contributed by atoms with Crippen molar-refractivity contribution in [3.63, 3.8) is 0 Å². The highest BCUT2D eigenvalue weighted by Gasteiger charge is 2.40. The van der Waals surface area contributed by atoms with Crippen molar-refractivity contribution in [2.75, 3.05) is 20.1 Å². The zero-order valence-electron chi connectivity index (χ0n) is 18.5. The second-order valence-electron chi connectivity index (χ2n) is 8.41. The molecule has 1 saturated heterocycles. The van der Waals surface area contributed by atoms with Crippen LogP contribution < -0.4 is 0 Å². The molecular weight excluding hydrogens is 502 g/mol. The molecule has 0 saturated carbocycles. The average molecular weight is 523 g/mol. The lowest BCUT2D eigenvalue weighted by Gasteiger charge is -2.42. The standard InChI is InChI=1S/C23H21ClF6N2O3/c1-12-7-13(3-4-18(12)24)17-11-32(21(34)35)6-5-19(17)31(2)20(33)14-8-15(22(25,26)27)10-16(9-14)23(28,29)30/h3-4,7-10,17,19H,5-6,11H2,1-2H3,(H,34,35). The summed E-state index contributed by atoms with van der Waals surface area (Å²) in [5, 5.41) is 9.90. The Hall–Kier alpha value is -2.95. The zero-order chi connectivity index (χ0) is 26.3. The number of hydrogen-bond donors (Lipinski definition) is 1. The van der Waals surface area contributed by atoms with E-state index in [0.717, 1.165) is 9.80 Å². The lowest BCUT2D eigenvalue weighted by atomic mass is 9.84. The Bertz CT molecular complexity index is 1100. The first-order chi connectivity index (χ1) is 16.1. The highest BCUT2D eigenvalue weighted by molar-refractivity contribution is 6.31. The van der Waals surface area contributed by atoms with Crippen LogP contribution in [0.3, 0.4) is 0 Å². The van der Waals surface area contributed by atoms with Gasteiger partial charge in [0.2, 0.25) is 0 Å². The SMILES string of the molecule is Cc1cc(C2CN(C(=O)O)CCC2N(C)C(=O)c2cc(C(F)(F)F)cc(C(F)(F)F)c2)ccc1Cl. The van der Waals surface area contributed by atoms with Crippen LogP contribution in [0.4, 0.5) is 31.1 Å². The number of carbonyl (C=O) groups is 2. The van der Waals surface area contributed by atoms with Crippen molar-refractivity contribution < 1.29 is 41.0 Å². The molecule has 1 N–H and O–H groups in total. The van der Waals surface area contributed by atoms with Crippen LogP contribution in [0, 0.1) is 6.92 Å². The molecule has 3 rings (SSSR count). The zero-order valence-corrected chi connectivity index (χ0v) is 19.3. The molecule has 2 amide bonds. The van der Waals surface area contributed by atoms with Gasteiger partial charge in [-0.05, 0) is 48.7 Å². The fourth-order valence-corrected chi connectivity index (χ4v) is 4.35. The molecule has 1 fully saturated rings. The Morgan fingerprint density at radius 1 is 1.03 bits per heavy atom. The normalized spacial score (nSPS) is 18.9. The number of alkyl halides is 6. The number of likely N-dealkylation sites (N-methyl/N-ethyl adjacent to an activating group) is 1. The molecular formula is C23H21ClF6N2O3. The molecule has 0 spiro atoms. The van der Waals surface area contributed by atoms with Crippen molar-refractivity contribution in [1.29, 1.82) is 0 Å². The smallest absolute Gasteiger partial charge is 0.416 e. The minimum absolute atomic E-state index is 0.0188. The molecule has 0 aromatic heterocycles. The molecule has 2 aromatic carbocycles. The van der Waals surface area contributed by atoms with Crippen LogP contribution in [0.2, 0.25) is 5.02 Å². The van der Waals surface area contributed by atoms with E-state index in [4.69, 9.17) is 11.6 Å². The number of nitrogens with zero attached hydrogens (tertiary/aromatic N) is 2. The Morgan fingerprint density at radius 3 is 2.09 bits per heavy atom. The minimum atomic E-state index is -5.09. The lowest BCUT2D eigenvalue weighted by Crippen LogP contribution is -2.51. The second kappa shape index (κ2) is 9.60. The van der Waals surface area contributed by atoms with Crippen molar-refractivity contribution in [2.24, 2.45) is 0 Å². The molecule has 35 heavy (non-hydrogen) atoms. The summed E-state index contributed by atoms with van der Waals surface area (Å²) in [6.07, 6.45) is -11.2. The summed E-state index contributed by atoms with van der Waals surface area (Å²) in [6, 6.07) is 5.03. The number of rotatable bonds is 3. The number of likely N-dealkylation sites (tertiary alicyclic amines) is 1. The van der Waals surface area contributed by atoms with E-state index in [0.29, 0.717) is 28.3 Å². The highest BCUT2D eigenvalue weighted by atomic mass is 35.5. The first kappa shape index (κ1) is 26.7. The van der Waals surface area contributed by atoms with E-state index < -0.39 is 53.0 Å². The summed E-state index contributed by atoms with van der Waals surface area (Å²) in [7, 11) is 1.28. The van der Waals surface area contributed by atoms with E-state index in [1.54, 1.807) is 25.1 Å². The van der Waals surface area contributed by atoms with Crippen molar-refractivity contribution in [3.05, 3.63) is 69.2 Å². The van der Waals surface area contributed by atoms with E-state index in [2.05, 4.69) is 0 Å². The summed E-state index contributed by atoms with van der Waals surface area (Å²) in [5.41, 5.74) is -2.61. The Balaban J connectivity index is 2.02. The summed E-state index contributed by atoms with van der Waals surface area (Å²) in [6.45, 7) is 1.75. The van der Waals surface area contributed by atoms with E-state index in [1.165, 1.54) is 7.05 Å². The second-order valence-corrected chi connectivity index (χ2v) is 8.82. The van der Waals surface area contributed by atoms with Crippen LogP contribution in [0.5, 0.6) is 0 Å². The molecule has 190 valence electrons. The van der Waals surface area contributed by atoms with Gasteiger partial charge in [-0.1, -0.05) is 23.7 Å². The monoisotopic (exact) mass is 522 g/mol. The highest BCUT2D eigenvalue weighted by Crippen LogP contribution is 2.38. The van der Waals surface area contributed by atoms with Gasteiger partial charge in [0.05, 0.1) is 11.1 Å². The van der Waals surface area contributed by atoms with Gasteiger partial charge in [0, 0.05) is 42.7 Å². The van der Waals surface area contributed by atoms with Gasteiger partial charge in [-0.2, -0.15) is 26.3 Å². The van der Waals surface area contributed by atoms with Crippen LogP contribution in [0.15, 0.2) is 36.4 Å². The van der Waals surface area contributed by atoms with Crippen molar-refractivity contribution in [2.45, 2.75) is 37.7 Å². The summed E-state index contributed by atoms with van der Waals surface area (Å²) in [5.74, 6) is -1.62. The minimum Gasteiger partial charge on any atom is -0.465 e. The Morgan fingerprint density at radius 2 is 1.60 bits per heavy atom. The maximum atomic E-state index is 13.3. The number of carbonyl (C=O) groups excluding carboxylic acids is 1. The number of halogens is 7. The van der Waals surface area contributed by atoms with Crippen molar-refractivity contribution in [3.8, 4) is 0 Å². The van der Waals surface area contributed by atoms with Gasteiger partial charge >= 0.3 is 18.4 Å². The van der Waals surface area contributed by atoms with Gasteiger partial charge in [0.15, 0.2) is 0 Å². The average Bonchev–Trinajstić information content (AvgIpc) is 2.78. The maximum Gasteiger partial charge on any atom is 0.416 e. The number of aryl methyl sites for hydroxylation is 1. The first-order valence-corrected chi connectivity index (χ1v) is 10.8. The molecule has 1 aliphatic rings. The third-order valence-corrected chi connectivity index (χ3v) is 6.53. The molecule has 1 heterocycles. The summed E-state index contributed by atoms with van der Waals surface area (Å²) >= 11 is 6.08. The Kier molecular flexibility index (Phi) is 7.31. The molecule has 5 nitrogen and oxygen atoms in total. The van der Waals surface area contributed by atoms with Gasteiger partial charge in [0.25, 0.3) is 5.91 Å². The van der Waals surface area contributed by atoms with E-state index in [9.17, 15) is 41.0 Å². The molecule has 2 aromatic rings. The first-order valence-electron chi connectivity index (χ1n) is 10.4. The van der Waals surface area contributed by atoms with Crippen LogP contribution in [-0.2, 0) is 12.4 Å². The van der Waals surface area contributed by atoms with Gasteiger partial charge in [-0.15, -0.1) is 0 Å². The molecule has 0 radical (unpaired) electrons. The van der Waals surface area contributed by atoms with Crippen LogP contribution in [0.25, 0.3) is 0 Å². The van der Waals surface area contributed by atoms with Crippen LogP contribution in [0.1, 0.15) is 45.0 Å². The Labute approximate surface area is 201 Å². The van der Waals surface area contributed by atoms with E-state index in [-0.39, 0.29) is 25.6 Å². The quantitative estimate of drug-likeness (QED) is 0.482. The third-order valence-electron chi connectivity index (χ3n) is 6.11. The molecule has 0 aliphatic carbocycles. The van der Waals surface area contributed by atoms with Crippen molar-refractivity contribution >= 4 is 23.6 Å². The van der Waals surface area contributed by atoms with Gasteiger partial charge < -0.3 is 14.9 Å². The van der Waals surface area contributed by atoms with Crippen LogP contribution >= 0.6 is 11.6 Å². The number of amides is 2. The number of piperidine rings is 1. The van der Waals surface area contributed by atoms with Crippen molar-refractivity contribution in [1.82, 2.24) is 9.80 Å². The molecule has 0 bridgehead atoms. The predicted octanol–water partition coefficient (Wildman–Crippen LogP) is 6.29. The maximum absolute atomic E-state index is 13.3. The lowest BCUT2D eigenvalue weighted by molar-refractivity contribution is -0.143. The summed E-state index contributed by atoms with van der Waals surface area (Å²) in [4.78, 5) is 26.9.